The third kappa shape index (κ3) is 1.36. The van der Waals surface area contributed by atoms with E-state index in [4.69, 9.17) is 0 Å². The normalized spacial score (nSPS) is 22.8. The summed E-state index contributed by atoms with van der Waals surface area (Å²) in [4.78, 5) is 12.7. The maximum atomic E-state index is 10.7. The van der Waals surface area contributed by atoms with Crippen LogP contribution in [0, 0.1) is 10.1 Å². The van der Waals surface area contributed by atoms with Crippen LogP contribution in [0.2, 0.25) is 0 Å². The van der Waals surface area contributed by atoms with Crippen LogP contribution in [-0.4, -0.2) is 30.6 Å². The summed E-state index contributed by atoms with van der Waals surface area (Å²) in [6, 6.07) is 5.68. The summed E-state index contributed by atoms with van der Waals surface area (Å²) in [6.07, 6.45) is 0.921. The fourth-order valence-electron chi connectivity index (χ4n) is 2.64. The van der Waals surface area contributed by atoms with Gasteiger partial charge in [0.25, 0.3) is 5.69 Å². The summed E-state index contributed by atoms with van der Waals surface area (Å²) < 4.78 is 0. The molecule has 5 nitrogen and oxygen atoms in total. The Kier molecular flexibility index (Phi) is 2.07. The highest BCUT2D eigenvalue weighted by Crippen LogP contribution is 2.34. The fourth-order valence-corrected chi connectivity index (χ4v) is 2.64. The molecule has 5 heteroatoms. The zero-order valence-corrected chi connectivity index (χ0v) is 8.85. The Morgan fingerprint density at radius 1 is 1.50 bits per heavy atom. The molecule has 16 heavy (non-hydrogen) atoms. The molecule has 0 saturated carbocycles. The average Bonchev–Trinajstić information content (AvgIpc) is 2.66. The molecule has 1 unspecified atom stereocenters. The number of benzene rings is 1. The van der Waals surface area contributed by atoms with E-state index in [-0.39, 0.29) is 10.6 Å². The molecule has 2 aliphatic rings. The lowest BCUT2D eigenvalue weighted by atomic mass is 10.1. The molecule has 1 saturated heterocycles. The first-order valence-electron chi connectivity index (χ1n) is 5.50. The Balaban J connectivity index is 1.98. The van der Waals surface area contributed by atoms with Crippen LogP contribution < -0.4 is 10.2 Å². The van der Waals surface area contributed by atoms with Crippen LogP contribution in [0.25, 0.3) is 0 Å². The number of anilines is 1. The molecule has 84 valence electrons. The van der Waals surface area contributed by atoms with Gasteiger partial charge in [-0.3, -0.25) is 10.1 Å². The molecular weight excluding hydrogens is 206 g/mol. The van der Waals surface area contributed by atoms with Gasteiger partial charge in [0.15, 0.2) is 0 Å². The predicted octanol–water partition coefficient (Wildman–Crippen LogP) is 0.929. The van der Waals surface area contributed by atoms with Crippen LogP contribution >= 0.6 is 0 Å². The summed E-state index contributed by atoms with van der Waals surface area (Å²) in [5, 5.41) is 14.0. The highest BCUT2D eigenvalue weighted by Gasteiger charge is 2.31. The van der Waals surface area contributed by atoms with Crippen LogP contribution in [0.15, 0.2) is 18.2 Å². The van der Waals surface area contributed by atoms with Gasteiger partial charge in [-0.25, -0.2) is 0 Å². The largest absolute Gasteiger partial charge is 0.365 e. The number of nitrogens with zero attached hydrogens (tertiary/aromatic N) is 2. The molecule has 3 rings (SSSR count). The molecule has 1 aromatic carbocycles. The van der Waals surface area contributed by atoms with Gasteiger partial charge in [0.2, 0.25) is 0 Å². The van der Waals surface area contributed by atoms with Gasteiger partial charge in [0, 0.05) is 43.5 Å². The van der Waals surface area contributed by atoms with E-state index in [9.17, 15) is 10.1 Å². The molecule has 1 fully saturated rings. The van der Waals surface area contributed by atoms with E-state index in [1.165, 1.54) is 5.69 Å². The van der Waals surface area contributed by atoms with E-state index in [1.807, 2.05) is 6.07 Å². The van der Waals surface area contributed by atoms with Gasteiger partial charge in [-0.05, 0) is 18.1 Å². The van der Waals surface area contributed by atoms with Crippen molar-refractivity contribution in [2.24, 2.45) is 0 Å². The van der Waals surface area contributed by atoms with E-state index >= 15 is 0 Å². The third-order valence-electron chi connectivity index (χ3n) is 3.39. The Hall–Kier alpha value is -1.62. The highest BCUT2D eigenvalue weighted by molar-refractivity contribution is 5.63. The van der Waals surface area contributed by atoms with Gasteiger partial charge in [-0.2, -0.15) is 0 Å². The Morgan fingerprint density at radius 2 is 2.38 bits per heavy atom. The maximum absolute atomic E-state index is 10.7. The molecule has 1 N–H and O–H groups in total. The summed E-state index contributed by atoms with van der Waals surface area (Å²) in [7, 11) is 0. The number of hydrogen-bond acceptors (Lipinski definition) is 4. The minimum Gasteiger partial charge on any atom is -0.365 e. The molecule has 0 amide bonds. The first kappa shape index (κ1) is 9.59. The number of nitro benzene ring substituents is 1. The summed E-state index contributed by atoms with van der Waals surface area (Å²) in [5.74, 6) is 0. The lowest BCUT2D eigenvalue weighted by Crippen LogP contribution is -2.49. The van der Waals surface area contributed by atoms with E-state index < -0.39 is 0 Å². The van der Waals surface area contributed by atoms with Crippen LogP contribution in [0.5, 0.6) is 0 Å². The monoisotopic (exact) mass is 219 g/mol. The number of fused-ring (bicyclic) bond motifs is 3. The second kappa shape index (κ2) is 3.45. The van der Waals surface area contributed by atoms with Crippen LogP contribution in [0.4, 0.5) is 11.4 Å². The highest BCUT2D eigenvalue weighted by atomic mass is 16.6. The van der Waals surface area contributed by atoms with E-state index in [0.717, 1.165) is 31.6 Å². The molecule has 0 aliphatic carbocycles. The smallest absolute Gasteiger partial charge is 0.269 e. The molecule has 2 heterocycles. The number of rotatable bonds is 1. The standard InChI is InChI=1S/C11H13N3O2/c15-14(16)9-1-2-11-8(5-9)6-10-7-12-3-4-13(10)11/h1-2,5,10,12H,3-4,6-7H2. The number of nitrogens with one attached hydrogen (secondary N) is 1. The third-order valence-corrected chi connectivity index (χ3v) is 3.39. The van der Waals surface area contributed by atoms with Crippen molar-refractivity contribution in [2.75, 3.05) is 24.5 Å². The van der Waals surface area contributed by atoms with Crippen molar-refractivity contribution in [2.45, 2.75) is 12.5 Å². The van der Waals surface area contributed by atoms with Gasteiger partial charge in [-0.1, -0.05) is 0 Å². The minimum absolute atomic E-state index is 0.201. The quantitative estimate of drug-likeness (QED) is 0.564. The topological polar surface area (TPSA) is 58.4 Å². The second-order valence-corrected chi connectivity index (χ2v) is 4.33. The Morgan fingerprint density at radius 3 is 3.19 bits per heavy atom. The fraction of sp³-hybridized carbons (Fsp3) is 0.455. The van der Waals surface area contributed by atoms with Crippen molar-refractivity contribution in [1.82, 2.24) is 5.32 Å². The van der Waals surface area contributed by atoms with Crippen molar-refractivity contribution >= 4 is 11.4 Å². The molecule has 0 aromatic heterocycles. The van der Waals surface area contributed by atoms with Crippen LogP contribution in [0.3, 0.4) is 0 Å². The van der Waals surface area contributed by atoms with Gasteiger partial charge < -0.3 is 10.2 Å². The molecule has 1 aromatic rings. The summed E-state index contributed by atoms with van der Waals surface area (Å²) in [5.41, 5.74) is 2.49. The SMILES string of the molecule is O=[N+]([O-])c1ccc2c(c1)CC1CNCCN21. The Labute approximate surface area is 93.2 Å². The van der Waals surface area contributed by atoms with Gasteiger partial charge >= 0.3 is 0 Å². The number of nitro groups is 1. The first-order chi connectivity index (χ1) is 7.75. The minimum atomic E-state index is -0.324. The van der Waals surface area contributed by atoms with Gasteiger partial charge in [-0.15, -0.1) is 0 Å². The van der Waals surface area contributed by atoms with Crippen molar-refractivity contribution in [1.29, 1.82) is 0 Å². The van der Waals surface area contributed by atoms with E-state index in [2.05, 4.69) is 10.2 Å². The Bertz CT molecular complexity index is 447. The summed E-state index contributed by atoms with van der Waals surface area (Å²) in [6.45, 7) is 2.96. The zero-order chi connectivity index (χ0) is 11.1. The first-order valence-corrected chi connectivity index (χ1v) is 5.50. The van der Waals surface area contributed by atoms with Crippen molar-refractivity contribution < 1.29 is 4.92 Å². The predicted molar refractivity (Wildman–Crippen MR) is 60.8 cm³/mol. The number of piperazine rings is 1. The molecule has 0 spiro atoms. The lowest BCUT2D eigenvalue weighted by molar-refractivity contribution is -0.384. The van der Waals surface area contributed by atoms with Crippen LogP contribution in [-0.2, 0) is 6.42 Å². The summed E-state index contributed by atoms with van der Waals surface area (Å²) >= 11 is 0. The van der Waals surface area contributed by atoms with E-state index in [0.29, 0.717) is 6.04 Å². The molecule has 0 bridgehead atoms. The van der Waals surface area contributed by atoms with Crippen molar-refractivity contribution in [3.63, 3.8) is 0 Å². The maximum Gasteiger partial charge on any atom is 0.269 e. The van der Waals surface area contributed by atoms with Crippen molar-refractivity contribution in [3.8, 4) is 0 Å². The molecule has 0 radical (unpaired) electrons. The zero-order valence-electron chi connectivity index (χ0n) is 8.85. The van der Waals surface area contributed by atoms with Crippen LogP contribution in [0.1, 0.15) is 5.56 Å². The lowest BCUT2D eigenvalue weighted by Gasteiger charge is -2.32. The molecule has 1 atom stereocenters. The number of non-ortho nitro benzene ring substituents is 1. The number of hydrogen-bond donors (Lipinski definition) is 1. The second-order valence-electron chi connectivity index (χ2n) is 4.33. The average molecular weight is 219 g/mol. The molecule has 2 aliphatic heterocycles. The van der Waals surface area contributed by atoms with E-state index in [1.54, 1.807) is 12.1 Å². The van der Waals surface area contributed by atoms with Crippen molar-refractivity contribution in [3.05, 3.63) is 33.9 Å². The van der Waals surface area contributed by atoms with Gasteiger partial charge in [0.05, 0.1) is 4.92 Å². The molecular formula is C11H13N3O2. The van der Waals surface area contributed by atoms with Gasteiger partial charge in [0.1, 0.15) is 0 Å².